The van der Waals surface area contributed by atoms with E-state index in [2.05, 4.69) is 10.3 Å². The van der Waals surface area contributed by atoms with E-state index in [0.29, 0.717) is 34.6 Å². The average Bonchev–Trinajstić information content (AvgIpc) is 2.84. The number of benzene rings is 1. The van der Waals surface area contributed by atoms with E-state index in [9.17, 15) is 9.59 Å². The zero-order valence-corrected chi connectivity index (χ0v) is 21.7. The summed E-state index contributed by atoms with van der Waals surface area (Å²) in [5, 5.41) is 11.1. The van der Waals surface area contributed by atoms with Gasteiger partial charge in [-0.05, 0) is 37.9 Å². The van der Waals surface area contributed by atoms with E-state index in [1.54, 1.807) is 58.4 Å². The molecule has 0 unspecified atom stereocenters. The highest BCUT2D eigenvalue weighted by atomic mass is 16.5. The predicted octanol–water partition coefficient (Wildman–Crippen LogP) is 1.88. The maximum absolute atomic E-state index is 12.9. The molecule has 36 heavy (non-hydrogen) atoms. The number of nitrogens with one attached hydrogen (secondary N) is 1. The zero-order chi connectivity index (χ0) is 27.0. The molecular formula is C25H33N5O6. The fourth-order valence-corrected chi connectivity index (χ4v) is 3.62. The van der Waals surface area contributed by atoms with Crippen molar-refractivity contribution in [3.8, 4) is 22.6 Å². The Balaban J connectivity index is 0.00000145. The van der Waals surface area contributed by atoms with Crippen LogP contribution in [-0.2, 0) is 23.2 Å². The number of carbonyl (C=O) groups excluding carboxylic acids is 1. The number of carboxylic acid groups (broad SMARTS) is 1. The number of hydrogen-bond donors (Lipinski definition) is 2. The van der Waals surface area contributed by atoms with Gasteiger partial charge in [0.15, 0.2) is 0 Å². The van der Waals surface area contributed by atoms with Crippen LogP contribution < -0.4 is 20.3 Å². The topological polar surface area (TPSA) is 126 Å². The summed E-state index contributed by atoms with van der Waals surface area (Å²) in [6, 6.07) is 5.57. The normalized spacial score (nSPS) is 10.4. The van der Waals surface area contributed by atoms with Crippen molar-refractivity contribution < 1.29 is 24.2 Å². The van der Waals surface area contributed by atoms with Crippen LogP contribution in [0.2, 0.25) is 0 Å². The fourth-order valence-electron chi connectivity index (χ4n) is 3.62. The highest BCUT2D eigenvalue weighted by Gasteiger charge is 2.17. The molecule has 11 heteroatoms. The first-order chi connectivity index (χ1) is 17.1. The van der Waals surface area contributed by atoms with E-state index < -0.39 is 0 Å². The fraction of sp³-hybridized carbons (Fsp3) is 0.360. The van der Waals surface area contributed by atoms with Gasteiger partial charge in [-0.25, -0.2) is 4.98 Å². The van der Waals surface area contributed by atoms with E-state index >= 15 is 0 Å². The predicted molar refractivity (Wildman–Crippen MR) is 139 cm³/mol. The van der Waals surface area contributed by atoms with Crippen molar-refractivity contribution in [2.75, 3.05) is 54.3 Å². The third-order valence-corrected chi connectivity index (χ3v) is 5.38. The van der Waals surface area contributed by atoms with Gasteiger partial charge in [0.05, 0.1) is 31.7 Å². The van der Waals surface area contributed by atoms with E-state index in [-0.39, 0.29) is 24.5 Å². The first-order valence-electron chi connectivity index (χ1n) is 11.0. The molecule has 3 aromatic rings. The minimum atomic E-state index is -0.250. The number of nitrogens with zero attached hydrogens (tertiary/aromatic N) is 4. The minimum absolute atomic E-state index is 0.0874. The van der Waals surface area contributed by atoms with E-state index in [1.165, 1.54) is 4.90 Å². The van der Waals surface area contributed by atoms with Crippen molar-refractivity contribution in [1.29, 1.82) is 0 Å². The Bertz CT molecular complexity index is 1260. The molecule has 194 valence electrons. The molecule has 1 aromatic carbocycles. The van der Waals surface area contributed by atoms with Crippen LogP contribution >= 0.6 is 0 Å². The Hall–Kier alpha value is -4.12. The lowest BCUT2D eigenvalue weighted by molar-refractivity contribution is -0.127. The molecule has 2 aromatic heterocycles. The lowest BCUT2D eigenvalue weighted by atomic mass is 9.99. The molecule has 0 spiro atoms. The van der Waals surface area contributed by atoms with Gasteiger partial charge in [0.1, 0.15) is 17.3 Å². The smallest absolute Gasteiger partial charge is 0.290 e. The standard InChI is InChI=1S/C24H31N5O4.CH2O2/c1-27(2)13-19-20(32-6)8-15(9-21(19)33-7)18-14-29(5)24(31)16-10-22(25-11-17(16)18)26-12-23(30)28(3)4;2-1-3/h8-11,14H,12-13H2,1-7H3,(H,25,26);1H,(H,2,3). The Labute approximate surface area is 209 Å². The molecule has 3 rings (SSSR count). The number of pyridine rings is 2. The summed E-state index contributed by atoms with van der Waals surface area (Å²) in [5.41, 5.74) is 2.46. The number of carbonyl (C=O) groups is 2. The second-order valence-corrected chi connectivity index (χ2v) is 8.42. The van der Waals surface area contributed by atoms with Crippen LogP contribution in [0.4, 0.5) is 5.82 Å². The first-order valence-corrected chi connectivity index (χ1v) is 11.0. The summed E-state index contributed by atoms with van der Waals surface area (Å²) >= 11 is 0. The highest BCUT2D eigenvalue weighted by molar-refractivity contribution is 5.97. The molecule has 1 amide bonds. The summed E-state index contributed by atoms with van der Waals surface area (Å²) < 4.78 is 12.9. The van der Waals surface area contributed by atoms with Gasteiger partial charge >= 0.3 is 0 Å². The Morgan fingerprint density at radius 2 is 1.69 bits per heavy atom. The molecule has 2 heterocycles. The van der Waals surface area contributed by atoms with Gasteiger partial charge in [0, 0.05) is 51.0 Å². The van der Waals surface area contributed by atoms with E-state index in [0.717, 1.165) is 16.7 Å². The molecule has 0 aliphatic rings. The van der Waals surface area contributed by atoms with Crippen molar-refractivity contribution >= 4 is 29.0 Å². The van der Waals surface area contributed by atoms with Gasteiger partial charge in [-0.1, -0.05) is 0 Å². The number of rotatable bonds is 8. The number of aryl methyl sites for hydroxylation is 1. The molecular weight excluding hydrogens is 466 g/mol. The molecule has 2 N–H and O–H groups in total. The van der Waals surface area contributed by atoms with Crippen molar-refractivity contribution in [2.24, 2.45) is 7.05 Å². The number of fused-ring (bicyclic) bond motifs is 1. The highest BCUT2D eigenvalue weighted by Crippen LogP contribution is 2.37. The largest absolute Gasteiger partial charge is 0.496 e. The number of amides is 1. The molecule has 0 atom stereocenters. The van der Waals surface area contributed by atoms with Crippen molar-refractivity contribution in [3.05, 3.63) is 46.5 Å². The second-order valence-electron chi connectivity index (χ2n) is 8.42. The summed E-state index contributed by atoms with van der Waals surface area (Å²) in [5.74, 6) is 1.78. The van der Waals surface area contributed by atoms with Crippen LogP contribution in [0.1, 0.15) is 5.56 Å². The second kappa shape index (κ2) is 12.5. The van der Waals surface area contributed by atoms with Crippen molar-refractivity contribution in [1.82, 2.24) is 19.4 Å². The molecule has 0 saturated heterocycles. The maximum atomic E-state index is 12.9. The van der Waals surface area contributed by atoms with Crippen LogP contribution in [0.5, 0.6) is 11.5 Å². The average molecular weight is 500 g/mol. The maximum Gasteiger partial charge on any atom is 0.290 e. The lowest BCUT2D eigenvalue weighted by Crippen LogP contribution is -2.28. The van der Waals surface area contributed by atoms with Crippen LogP contribution in [0.15, 0.2) is 35.4 Å². The Morgan fingerprint density at radius 3 is 2.19 bits per heavy atom. The van der Waals surface area contributed by atoms with Gasteiger partial charge in [0.2, 0.25) is 5.91 Å². The quantitative estimate of drug-likeness (QED) is 0.447. The Kier molecular flexibility index (Phi) is 9.80. The van der Waals surface area contributed by atoms with E-state index in [4.69, 9.17) is 19.4 Å². The lowest BCUT2D eigenvalue weighted by Gasteiger charge is -2.19. The van der Waals surface area contributed by atoms with Gasteiger partial charge in [-0.3, -0.25) is 14.4 Å². The van der Waals surface area contributed by atoms with Crippen LogP contribution in [0.3, 0.4) is 0 Å². The number of ether oxygens (including phenoxy) is 2. The summed E-state index contributed by atoms with van der Waals surface area (Å²) in [4.78, 5) is 41.1. The number of methoxy groups -OCH3 is 2. The number of hydrogen-bond acceptors (Lipinski definition) is 8. The summed E-state index contributed by atoms with van der Waals surface area (Å²) in [7, 11) is 12.3. The third kappa shape index (κ3) is 6.51. The van der Waals surface area contributed by atoms with Gasteiger partial charge in [0.25, 0.3) is 12.0 Å². The van der Waals surface area contributed by atoms with Crippen LogP contribution in [-0.4, -0.2) is 85.8 Å². The van der Waals surface area contributed by atoms with Gasteiger partial charge < -0.3 is 34.3 Å². The third-order valence-electron chi connectivity index (χ3n) is 5.38. The number of anilines is 1. The van der Waals surface area contributed by atoms with Crippen molar-refractivity contribution in [2.45, 2.75) is 6.54 Å². The molecule has 0 radical (unpaired) electrons. The molecule has 0 aliphatic heterocycles. The molecule has 0 fully saturated rings. The SMILES string of the molecule is COc1cc(-c2cn(C)c(=O)c3cc(NCC(=O)N(C)C)ncc23)cc(OC)c1CN(C)C.O=CO. The molecule has 11 nitrogen and oxygen atoms in total. The van der Waals surface area contributed by atoms with Crippen molar-refractivity contribution in [3.63, 3.8) is 0 Å². The molecule has 0 aliphatic carbocycles. The number of aromatic nitrogens is 2. The zero-order valence-electron chi connectivity index (χ0n) is 21.7. The van der Waals surface area contributed by atoms with Gasteiger partial charge in [-0.2, -0.15) is 0 Å². The summed E-state index contributed by atoms with van der Waals surface area (Å²) in [6.45, 7) is 0.496. The molecule has 0 saturated carbocycles. The van der Waals surface area contributed by atoms with E-state index in [1.807, 2.05) is 31.1 Å². The molecule has 0 bridgehead atoms. The monoisotopic (exact) mass is 499 g/mol. The minimum Gasteiger partial charge on any atom is -0.496 e. The summed E-state index contributed by atoms with van der Waals surface area (Å²) in [6.07, 6.45) is 3.44. The number of likely N-dealkylation sites (N-methyl/N-ethyl adjacent to an activating group) is 1. The Morgan fingerprint density at radius 1 is 1.11 bits per heavy atom. The van der Waals surface area contributed by atoms with Gasteiger partial charge in [-0.15, -0.1) is 0 Å². The van der Waals surface area contributed by atoms with Crippen LogP contribution in [0, 0.1) is 0 Å². The van der Waals surface area contributed by atoms with Crippen LogP contribution in [0.25, 0.3) is 21.9 Å². The first kappa shape index (κ1) is 28.1.